The number of nitrogens with one attached hydrogen (secondary N) is 1. The second-order valence-electron chi connectivity index (χ2n) is 6.90. The smallest absolute Gasteiger partial charge is 0.349 e. The summed E-state index contributed by atoms with van der Waals surface area (Å²) in [5, 5.41) is 12.3. The molecule has 2 aromatic heterocycles. The van der Waals surface area contributed by atoms with Gasteiger partial charge < -0.3 is 14.8 Å². The molecule has 1 atom stereocenters. The normalized spacial score (nSPS) is 13.7. The molecule has 0 saturated heterocycles. The summed E-state index contributed by atoms with van der Waals surface area (Å²) < 4.78 is 10.3. The molecule has 0 aromatic carbocycles. The SMILES string of the molecule is CCOC(=O)c1sc(NC(=O)C(C)OC(=O)c2cc3c(s2)CCCC3)c(C#N)c1C. The Kier molecular flexibility index (Phi) is 6.90. The molecule has 0 saturated carbocycles. The van der Waals surface area contributed by atoms with E-state index >= 15 is 0 Å². The number of ether oxygens (including phenoxy) is 2. The molecule has 0 bridgehead atoms. The van der Waals surface area contributed by atoms with E-state index in [9.17, 15) is 19.6 Å². The van der Waals surface area contributed by atoms with Gasteiger partial charge in [-0.25, -0.2) is 9.59 Å². The lowest BCUT2D eigenvalue weighted by atomic mass is 9.99. The first-order chi connectivity index (χ1) is 14.3. The number of aryl methyl sites for hydroxylation is 2. The minimum Gasteiger partial charge on any atom is -0.462 e. The maximum absolute atomic E-state index is 12.6. The largest absolute Gasteiger partial charge is 0.462 e. The van der Waals surface area contributed by atoms with E-state index < -0.39 is 23.9 Å². The Morgan fingerprint density at radius 1 is 1.23 bits per heavy atom. The minimum absolute atomic E-state index is 0.195. The number of nitrogens with zero attached hydrogens (tertiary/aromatic N) is 1. The third-order valence-corrected chi connectivity index (χ3v) is 7.21. The van der Waals surface area contributed by atoms with Crippen LogP contribution in [0, 0.1) is 18.3 Å². The molecule has 2 aromatic rings. The third-order valence-electron chi connectivity index (χ3n) is 4.81. The molecule has 1 aliphatic rings. The van der Waals surface area contributed by atoms with Gasteiger partial charge in [0.15, 0.2) is 6.10 Å². The van der Waals surface area contributed by atoms with Crippen LogP contribution < -0.4 is 5.32 Å². The van der Waals surface area contributed by atoms with Crippen molar-refractivity contribution >= 4 is 45.5 Å². The first-order valence-corrected chi connectivity index (χ1v) is 11.3. The molecule has 0 fully saturated rings. The zero-order valence-corrected chi connectivity index (χ0v) is 18.6. The van der Waals surface area contributed by atoms with E-state index in [0.717, 1.165) is 37.0 Å². The lowest BCUT2D eigenvalue weighted by Gasteiger charge is -2.12. The third kappa shape index (κ3) is 4.55. The Labute approximate surface area is 182 Å². The van der Waals surface area contributed by atoms with E-state index in [1.54, 1.807) is 13.8 Å². The van der Waals surface area contributed by atoms with Crippen molar-refractivity contribution in [3.8, 4) is 6.07 Å². The van der Waals surface area contributed by atoms with Crippen LogP contribution in [0.1, 0.15) is 67.6 Å². The number of amides is 1. The van der Waals surface area contributed by atoms with Gasteiger partial charge in [-0.2, -0.15) is 5.26 Å². The monoisotopic (exact) mass is 446 g/mol. The van der Waals surface area contributed by atoms with Crippen molar-refractivity contribution in [1.82, 2.24) is 0 Å². The molecule has 1 aliphatic carbocycles. The minimum atomic E-state index is -1.06. The van der Waals surface area contributed by atoms with E-state index in [1.807, 2.05) is 12.1 Å². The van der Waals surface area contributed by atoms with E-state index in [1.165, 1.54) is 28.7 Å². The number of rotatable bonds is 6. The standard InChI is InChI=1S/C21H22N2O5S2/c1-4-27-21(26)17-11(2)14(10-22)19(30-17)23-18(24)12(3)28-20(25)16-9-13-7-5-6-8-15(13)29-16/h9,12H,4-8H2,1-3H3,(H,23,24). The molecular formula is C21H22N2O5S2. The Balaban J connectivity index is 1.69. The Morgan fingerprint density at radius 2 is 1.97 bits per heavy atom. The molecule has 3 rings (SSSR count). The van der Waals surface area contributed by atoms with Gasteiger partial charge in [-0.15, -0.1) is 22.7 Å². The van der Waals surface area contributed by atoms with Gasteiger partial charge in [-0.1, -0.05) is 0 Å². The molecule has 30 heavy (non-hydrogen) atoms. The van der Waals surface area contributed by atoms with Crippen LogP contribution in [-0.4, -0.2) is 30.6 Å². The highest BCUT2D eigenvalue weighted by atomic mass is 32.1. The van der Waals surface area contributed by atoms with Crippen LogP contribution in [0.5, 0.6) is 0 Å². The van der Waals surface area contributed by atoms with Gasteiger partial charge in [0.05, 0.1) is 12.2 Å². The van der Waals surface area contributed by atoms with E-state index in [-0.39, 0.29) is 22.0 Å². The predicted molar refractivity (Wildman–Crippen MR) is 114 cm³/mol. The molecule has 7 nitrogen and oxygen atoms in total. The summed E-state index contributed by atoms with van der Waals surface area (Å²) in [6.45, 7) is 4.99. The zero-order valence-electron chi connectivity index (χ0n) is 17.0. The quantitative estimate of drug-likeness (QED) is 0.666. The summed E-state index contributed by atoms with van der Waals surface area (Å²) in [5.74, 6) is -1.65. The van der Waals surface area contributed by atoms with E-state index in [4.69, 9.17) is 9.47 Å². The first kappa shape index (κ1) is 22.0. The number of carbonyl (C=O) groups excluding carboxylic acids is 3. The summed E-state index contributed by atoms with van der Waals surface area (Å²) in [7, 11) is 0. The van der Waals surface area contributed by atoms with Gasteiger partial charge >= 0.3 is 11.9 Å². The lowest BCUT2D eigenvalue weighted by molar-refractivity contribution is -0.123. The van der Waals surface area contributed by atoms with Crippen LogP contribution >= 0.6 is 22.7 Å². The number of nitriles is 1. The maximum Gasteiger partial charge on any atom is 0.349 e. The second kappa shape index (κ2) is 9.41. The highest BCUT2D eigenvalue weighted by Gasteiger charge is 2.26. The molecule has 2 heterocycles. The number of hydrogen-bond acceptors (Lipinski definition) is 8. The molecule has 1 amide bonds. The summed E-state index contributed by atoms with van der Waals surface area (Å²) in [4.78, 5) is 39.0. The van der Waals surface area contributed by atoms with Gasteiger partial charge in [-0.3, -0.25) is 4.79 Å². The zero-order chi connectivity index (χ0) is 21.8. The van der Waals surface area contributed by atoms with E-state index in [0.29, 0.717) is 10.4 Å². The summed E-state index contributed by atoms with van der Waals surface area (Å²) in [5.41, 5.74) is 1.83. The van der Waals surface area contributed by atoms with Gasteiger partial charge in [0.25, 0.3) is 5.91 Å². The Morgan fingerprint density at radius 3 is 2.63 bits per heavy atom. The van der Waals surface area contributed by atoms with Crippen molar-refractivity contribution in [2.24, 2.45) is 0 Å². The average molecular weight is 447 g/mol. The van der Waals surface area contributed by atoms with Crippen LogP contribution in [0.25, 0.3) is 0 Å². The van der Waals surface area contributed by atoms with Crippen molar-refractivity contribution in [3.63, 3.8) is 0 Å². The fourth-order valence-corrected chi connectivity index (χ4v) is 5.39. The number of anilines is 1. The molecule has 1 N–H and O–H groups in total. The Hall–Kier alpha value is -2.70. The number of esters is 2. The van der Waals surface area contributed by atoms with Gasteiger partial charge in [0, 0.05) is 4.88 Å². The molecule has 0 spiro atoms. The van der Waals surface area contributed by atoms with Crippen molar-refractivity contribution in [2.75, 3.05) is 11.9 Å². The molecular weight excluding hydrogens is 424 g/mol. The average Bonchev–Trinajstić information content (AvgIpc) is 3.29. The lowest BCUT2D eigenvalue weighted by Crippen LogP contribution is -2.29. The second-order valence-corrected chi connectivity index (χ2v) is 9.05. The van der Waals surface area contributed by atoms with Gasteiger partial charge in [0.2, 0.25) is 0 Å². The van der Waals surface area contributed by atoms with Crippen LogP contribution in [0.4, 0.5) is 5.00 Å². The van der Waals surface area contributed by atoms with Crippen LogP contribution in [-0.2, 0) is 27.1 Å². The molecule has 1 unspecified atom stereocenters. The highest BCUT2D eigenvalue weighted by Crippen LogP contribution is 2.33. The number of carbonyl (C=O) groups is 3. The predicted octanol–water partition coefficient (Wildman–Crippen LogP) is 4.23. The topological polar surface area (TPSA) is 105 Å². The van der Waals surface area contributed by atoms with Crippen molar-refractivity contribution in [3.05, 3.63) is 37.4 Å². The molecule has 158 valence electrons. The number of thiophene rings is 2. The maximum atomic E-state index is 12.6. The van der Waals surface area contributed by atoms with Gasteiger partial charge in [-0.05, 0) is 63.6 Å². The number of fused-ring (bicyclic) bond motifs is 1. The summed E-state index contributed by atoms with van der Waals surface area (Å²) >= 11 is 2.39. The first-order valence-electron chi connectivity index (χ1n) is 9.69. The van der Waals surface area contributed by atoms with Crippen molar-refractivity contribution < 1.29 is 23.9 Å². The molecule has 0 aliphatic heterocycles. The van der Waals surface area contributed by atoms with Crippen molar-refractivity contribution in [2.45, 2.75) is 52.6 Å². The summed E-state index contributed by atoms with van der Waals surface area (Å²) in [6.07, 6.45) is 3.12. The van der Waals surface area contributed by atoms with Crippen LogP contribution in [0.3, 0.4) is 0 Å². The van der Waals surface area contributed by atoms with Crippen LogP contribution in [0.2, 0.25) is 0 Å². The number of hydrogen-bond donors (Lipinski definition) is 1. The fraction of sp³-hybridized carbons (Fsp3) is 0.429. The highest BCUT2D eigenvalue weighted by molar-refractivity contribution is 7.18. The van der Waals surface area contributed by atoms with Crippen LogP contribution in [0.15, 0.2) is 6.07 Å². The molecule has 0 radical (unpaired) electrons. The van der Waals surface area contributed by atoms with Crippen molar-refractivity contribution in [1.29, 1.82) is 5.26 Å². The van der Waals surface area contributed by atoms with E-state index in [2.05, 4.69) is 5.32 Å². The fourth-order valence-electron chi connectivity index (χ4n) is 3.20. The summed E-state index contributed by atoms with van der Waals surface area (Å²) in [6, 6.07) is 3.86. The Bertz CT molecular complexity index is 1010. The molecule has 9 heteroatoms. The van der Waals surface area contributed by atoms with Gasteiger partial charge in [0.1, 0.15) is 20.8 Å².